The van der Waals surface area contributed by atoms with Crippen molar-refractivity contribution in [1.82, 2.24) is 15.3 Å². The van der Waals surface area contributed by atoms with Crippen LogP contribution in [0.3, 0.4) is 0 Å². The van der Waals surface area contributed by atoms with Gasteiger partial charge in [-0.15, -0.1) is 23.7 Å². The van der Waals surface area contributed by atoms with Crippen LogP contribution in [0.25, 0.3) is 11.3 Å². The largest absolute Gasteiger partial charge is 0.352 e. The number of nitrogens with zero attached hydrogens (tertiary/aromatic N) is 3. The van der Waals surface area contributed by atoms with Crippen molar-refractivity contribution in [3.05, 3.63) is 51.5 Å². The van der Waals surface area contributed by atoms with Gasteiger partial charge in [-0.25, -0.2) is 9.97 Å². The third-order valence-corrected chi connectivity index (χ3v) is 6.50. The number of nitro groups is 1. The van der Waals surface area contributed by atoms with E-state index >= 15 is 0 Å². The van der Waals surface area contributed by atoms with Crippen LogP contribution < -0.4 is 5.32 Å². The van der Waals surface area contributed by atoms with Crippen molar-refractivity contribution in [2.75, 3.05) is 6.54 Å². The van der Waals surface area contributed by atoms with E-state index in [0.717, 1.165) is 33.4 Å². The molecular weight excluding hydrogens is 416 g/mol. The van der Waals surface area contributed by atoms with E-state index in [1.54, 1.807) is 12.1 Å². The molecule has 0 aliphatic heterocycles. The molecule has 2 heterocycles. The number of amides is 1. The second kappa shape index (κ2) is 9.45. The van der Waals surface area contributed by atoms with E-state index in [1.165, 1.54) is 29.3 Å². The van der Waals surface area contributed by atoms with Crippen LogP contribution in [0.4, 0.5) is 5.00 Å². The lowest BCUT2D eigenvalue weighted by molar-refractivity contribution is -0.380. The van der Waals surface area contributed by atoms with Gasteiger partial charge in [0.2, 0.25) is 0 Å². The van der Waals surface area contributed by atoms with Crippen molar-refractivity contribution >= 4 is 45.3 Å². The van der Waals surface area contributed by atoms with Gasteiger partial charge in [-0.2, -0.15) is 0 Å². The molecule has 142 valence electrons. The number of carbonyl (C=O) groups is 1. The number of hydrogen-bond acceptors (Lipinski definition) is 8. The van der Waals surface area contributed by atoms with Crippen molar-refractivity contribution in [2.45, 2.75) is 21.5 Å². The van der Waals surface area contributed by atoms with E-state index in [9.17, 15) is 14.9 Å². The van der Waals surface area contributed by atoms with Crippen molar-refractivity contribution in [1.29, 1.82) is 0 Å². The predicted octanol–water partition coefficient (Wildman–Crippen LogP) is 4.47. The highest BCUT2D eigenvalue weighted by Crippen LogP contribution is 2.37. The maximum Gasteiger partial charge on any atom is 0.344 e. The normalized spacial score (nSPS) is 10.4. The zero-order valence-electron chi connectivity index (χ0n) is 14.5. The molecule has 1 N–H and O–H groups in total. The zero-order chi connectivity index (χ0) is 19.9. The highest BCUT2D eigenvalue weighted by Gasteiger charge is 2.14. The van der Waals surface area contributed by atoms with Gasteiger partial charge in [-0.1, -0.05) is 12.1 Å². The molecule has 0 unspecified atom stereocenters. The van der Waals surface area contributed by atoms with Gasteiger partial charge in [-0.05, 0) is 41.7 Å². The highest BCUT2D eigenvalue weighted by atomic mass is 32.2. The number of benzene rings is 1. The summed E-state index contributed by atoms with van der Waals surface area (Å²) in [5.74, 6) is 2.40. The van der Waals surface area contributed by atoms with Crippen LogP contribution in [0.1, 0.15) is 23.2 Å². The van der Waals surface area contributed by atoms with E-state index in [-0.39, 0.29) is 10.9 Å². The van der Waals surface area contributed by atoms with Gasteiger partial charge >= 0.3 is 5.00 Å². The standard InChI is InChI=1S/C18H14N4O3S3/c1-2-3-4-9-19-16(23)13-7-5-12(6-8-13)14-11-26-18(21-14)28-17-20-10-15(27-17)22(24)25/h1,5-8,10-11H,3-4,9H2,(H,19,23). The smallest absolute Gasteiger partial charge is 0.344 e. The number of aromatic nitrogens is 2. The molecule has 10 heteroatoms. The molecule has 0 radical (unpaired) electrons. The molecule has 0 saturated heterocycles. The average molecular weight is 431 g/mol. The Morgan fingerprint density at radius 3 is 2.79 bits per heavy atom. The number of hydrogen-bond donors (Lipinski definition) is 1. The first kappa shape index (κ1) is 20.0. The van der Waals surface area contributed by atoms with E-state index in [0.29, 0.717) is 22.9 Å². The topological polar surface area (TPSA) is 98.0 Å². The zero-order valence-corrected chi connectivity index (χ0v) is 16.9. The molecule has 7 nitrogen and oxygen atoms in total. The summed E-state index contributed by atoms with van der Waals surface area (Å²) in [4.78, 5) is 30.9. The van der Waals surface area contributed by atoms with Gasteiger partial charge in [0.1, 0.15) is 6.20 Å². The summed E-state index contributed by atoms with van der Waals surface area (Å²) in [6.07, 6.45) is 7.82. The first-order valence-corrected chi connectivity index (χ1v) is 10.6. The Hall–Kier alpha value is -2.74. The molecule has 0 aliphatic rings. The molecule has 0 bridgehead atoms. The SMILES string of the molecule is C#CCCCNC(=O)c1ccc(-c2csc(Sc3ncc([N+](=O)[O-])s3)n2)cc1. The van der Waals surface area contributed by atoms with Crippen molar-refractivity contribution in [3.63, 3.8) is 0 Å². The summed E-state index contributed by atoms with van der Waals surface area (Å²) in [5.41, 5.74) is 2.24. The van der Waals surface area contributed by atoms with Gasteiger partial charge in [-0.3, -0.25) is 14.9 Å². The Morgan fingerprint density at radius 2 is 2.11 bits per heavy atom. The summed E-state index contributed by atoms with van der Waals surface area (Å²) >= 11 is 3.75. The monoisotopic (exact) mass is 430 g/mol. The molecule has 3 rings (SSSR count). The van der Waals surface area contributed by atoms with Crippen molar-refractivity contribution in [2.24, 2.45) is 0 Å². The van der Waals surface area contributed by atoms with E-state index in [2.05, 4.69) is 21.2 Å². The van der Waals surface area contributed by atoms with E-state index < -0.39 is 4.92 Å². The molecule has 3 aromatic rings. The minimum Gasteiger partial charge on any atom is -0.352 e. The molecule has 0 spiro atoms. The van der Waals surface area contributed by atoms with Crippen LogP contribution in [0.5, 0.6) is 0 Å². The van der Waals surface area contributed by atoms with E-state index in [1.807, 2.05) is 17.5 Å². The maximum absolute atomic E-state index is 12.1. The predicted molar refractivity (Wildman–Crippen MR) is 111 cm³/mol. The van der Waals surface area contributed by atoms with Crippen LogP contribution in [-0.2, 0) is 0 Å². The van der Waals surface area contributed by atoms with Gasteiger partial charge in [0, 0.05) is 29.5 Å². The second-order valence-electron chi connectivity index (χ2n) is 5.46. The molecule has 0 fully saturated rings. The Bertz CT molecular complexity index is 1020. The fourth-order valence-corrected chi connectivity index (χ4v) is 4.99. The van der Waals surface area contributed by atoms with E-state index in [4.69, 9.17) is 6.42 Å². The van der Waals surface area contributed by atoms with Crippen LogP contribution >= 0.6 is 34.4 Å². The number of terminal acetylenes is 1. The Balaban J connectivity index is 1.62. The van der Waals surface area contributed by atoms with Gasteiger partial charge < -0.3 is 5.32 Å². The minimum absolute atomic E-state index is 0.00688. The molecule has 0 atom stereocenters. The minimum atomic E-state index is -0.457. The van der Waals surface area contributed by atoms with Crippen LogP contribution in [-0.4, -0.2) is 27.3 Å². The molecule has 0 aliphatic carbocycles. The van der Waals surface area contributed by atoms with Crippen LogP contribution in [0.15, 0.2) is 44.5 Å². The van der Waals surface area contributed by atoms with Crippen molar-refractivity contribution in [3.8, 4) is 23.6 Å². The summed E-state index contributed by atoms with van der Waals surface area (Å²) < 4.78 is 1.32. The second-order valence-corrected chi connectivity index (χ2v) is 8.82. The third kappa shape index (κ3) is 5.16. The fraction of sp³-hybridized carbons (Fsp3) is 0.167. The Kier molecular flexibility index (Phi) is 6.76. The third-order valence-electron chi connectivity index (χ3n) is 3.54. The lowest BCUT2D eigenvalue weighted by Crippen LogP contribution is -2.24. The Labute approximate surface area is 173 Å². The highest BCUT2D eigenvalue weighted by molar-refractivity contribution is 8.02. The number of nitrogens with one attached hydrogen (secondary N) is 1. The summed E-state index contributed by atoms with van der Waals surface area (Å²) in [6.45, 7) is 0.548. The maximum atomic E-state index is 12.1. The first-order chi connectivity index (χ1) is 13.6. The Morgan fingerprint density at radius 1 is 1.32 bits per heavy atom. The van der Waals surface area contributed by atoms with Crippen LogP contribution in [0, 0.1) is 22.5 Å². The van der Waals surface area contributed by atoms with Gasteiger partial charge in [0.05, 0.1) is 10.6 Å². The first-order valence-electron chi connectivity index (χ1n) is 8.12. The molecule has 28 heavy (non-hydrogen) atoms. The summed E-state index contributed by atoms with van der Waals surface area (Å²) in [6, 6.07) is 7.19. The van der Waals surface area contributed by atoms with Gasteiger partial charge in [0.25, 0.3) is 5.91 Å². The number of thiazole rings is 2. The molecule has 0 saturated carbocycles. The summed E-state index contributed by atoms with van der Waals surface area (Å²) in [5, 5.41) is 15.5. The van der Waals surface area contributed by atoms with Crippen LogP contribution in [0.2, 0.25) is 0 Å². The number of rotatable bonds is 8. The molecular formula is C18H14N4O3S3. The quantitative estimate of drug-likeness (QED) is 0.245. The molecule has 1 amide bonds. The number of carbonyl (C=O) groups excluding carboxylic acids is 1. The number of unbranched alkanes of at least 4 members (excludes halogenated alkanes) is 1. The fourth-order valence-electron chi connectivity index (χ4n) is 2.18. The lowest BCUT2D eigenvalue weighted by atomic mass is 10.1. The molecule has 2 aromatic heterocycles. The summed E-state index contributed by atoms with van der Waals surface area (Å²) in [7, 11) is 0. The average Bonchev–Trinajstić information content (AvgIpc) is 3.35. The van der Waals surface area contributed by atoms with Gasteiger partial charge in [0.15, 0.2) is 8.68 Å². The molecule has 1 aromatic carbocycles. The van der Waals surface area contributed by atoms with Crippen molar-refractivity contribution < 1.29 is 9.72 Å². The lowest BCUT2D eigenvalue weighted by Gasteiger charge is -2.04.